The number of H-pyrrole nitrogens is 1. The Hall–Kier alpha value is -4.03. The summed E-state index contributed by atoms with van der Waals surface area (Å²) in [6, 6.07) is 4.20. The first-order valence-electron chi connectivity index (χ1n) is 12.0. The van der Waals surface area contributed by atoms with Gasteiger partial charge in [0.25, 0.3) is 11.8 Å². The Balaban J connectivity index is 0.000000656. The largest absolute Gasteiger partial charge is 0.481 e. The molecule has 214 valence electrons. The molecule has 2 heterocycles. The van der Waals surface area contributed by atoms with E-state index in [-0.39, 0.29) is 19.2 Å². The number of anilines is 1. The highest BCUT2D eigenvalue weighted by molar-refractivity contribution is 6.34. The van der Waals surface area contributed by atoms with Gasteiger partial charge < -0.3 is 35.8 Å². The molecule has 0 saturated heterocycles. The molecule has 0 fully saturated rings. The van der Waals surface area contributed by atoms with E-state index in [2.05, 4.69) is 34.4 Å². The number of carboxylic acid groups (broad SMARTS) is 2. The number of aliphatic hydroxyl groups excluding tert-OH is 1. The number of likely N-dealkylation sites (N-methyl/N-ethyl adjacent to an activating group) is 1. The molecule has 1 unspecified atom stereocenters. The lowest BCUT2D eigenvalue weighted by Gasteiger charge is -2.18. The average molecular weight is 549 g/mol. The SMILES string of the molecule is C.CCN(CC)CCNC(=O)c1c(C)[nH]c(/C=C2\C(=O)Nc3ccc(F)cc32)c1C.O=C(O)CC(O)C(=O)O. The number of nitrogens with one attached hydrogen (secondary N) is 3. The van der Waals surface area contributed by atoms with Crippen molar-refractivity contribution in [3.8, 4) is 0 Å². The van der Waals surface area contributed by atoms with Gasteiger partial charge in [0.15, 0.2) is 6.10 Å². The first kappa shape index (κ1) is 33.0. The third-order valence-corrected chi connectivity index (χ3v) is 6.02. The van der Waals surface area contributed by atoms with Gasteiger partial charge in [0.2, 0.25) is 0 Å². The number of amides is 2. The number of carbonyl (C=O) groups is 4. The number of carbonyl (C=O) groups excluding carboxylic acids is 2. The zero-order chi connectivity index (χ0) is 28.6. The van der Waals surface area contributed by atoms with Crippen LogP contribution in [0.15, 0.2) is 18.2 Å². The number of halogens is 1. The predicted octanol–water partition coefficient (Wildman–Crippen LogP) is 2.88. The van der Waals surface area contributed by atoms with E-state index in [0.29, 0.717) is 34.6 Å². The molecule has 11 nitrogen and oxygen atoms in total. The summed E-state index contributed by atoms with van der Waals surface area (Å²) in [4.78, 5) is 49.9. The van der Waals surface area contributed by atoms with Crippen molar-refractivity contribution in [2.24, 2.45) is 0 Å². The van der Waals surface area contributed by atoms with Crippen molar-refractivity contribution < 1.29 is 38.9 Å². The van der Waals surface area contributed by atoms with E-state index in [9.17, 15) is 23.6 Å². The summed E-state index contributed by atoms with van der Waals surface area (Å²) in [5, 5.41) is 29.8. The van der Waals surface area contributed by atoms with Crippen molar-refractivity contribution in [3.63, 3.8) is 0 Å². The smallest absolute Gasteiger partial charge is 0.333 e. The van der Waals surface area contributed by atoms with Gasteiger partial charge in [-0.05, 0) is 56.8 Å². The number of aryl methyl sites for hydroxylation is 1. The quantitative estimate of drug-likeness (QED) is 0.246. The molecule has 1 aliphatic heterocycles. The van der Waals surface area contributed by atoms with Crippen LogP contribution in [0.2, 0.25) is 0 Å². The van der Waals surface area contributed by atoms with Crippen molar-refractivity contribution in [2.75, 3.05) is 31.5 Å². The first-order valence-corrected chi connectivity index (χ1v) is 12.0. The summed E-state index contributed by atoms with van der Waals surface area (Å²) in [5.41, 5.74) is 4.20. The van der Waals surface area contributed by atoms with E-state index in [0.717, 1.165) is 30.9 Å². The lowest BCUT2D eigenvalue weighted by atomic mass is 10.0. The number of aliphatic hydroxyl groups is 1. The van der Waals surface area contributed by atoms with Gasteiger partial charge in [-0.1, -0.05) is 21.3 Å². The Bertz CT molecular complexity index is 1230. The molecule has 1 atom stereocenters. The summed E-state index contributed by atoms with van der Waals surface area (Å²) >= 11 is 0. The van der Waals surface area contributed by atoms with E-state index in [1.54, 1.807) is 12.1 Å². The summed E-state index contributed by atoms with van der Waals surface area (Å²) in [6.45, 7) is 11.1. The number of rotatable bonds is 10. The lowest BCUT2D eigenvalue weighted by Crippen LogP contribution is -2.35. The van der Waals surface area contributed by atoms with Crippen molar-refractivity contribution in [1.29, 1.82) is 0 Å². The van der Waals surface area contributed by atoms with Crippen molar-refractivity contribution in [1.82, 2.24) is 15.2 Å². The second kappa shape index (κ2) is 14.8. The fraction of sp³-hybridized carbons (Fsp3) is 0.407. The third-order valence-electron chi connectivity index (χ3n) is 6.02. The molecule has 0 saturated carbocycles. The maximum absolute atomic E-state index is 13.7. The van der Waals surface area contributed by atoms with E-state index >= 15 is 0 Å². The van der Waals surface area contributed by atoms with Gasteiger partial charge in [-0.25, -0.2) is 9.18 Å². The molecule has 2 aromatic rings. The van der Waals surface area contributed by atoms with Crippen LogP contribution in [0.1, 0.15) is 60.6 Å². The van der Waals surface area contributed by atoms with Crippen molar-refractivity contribution in [2.45, 2.75) is 47.6 Å². The van der Waals surface area contributed by atoms with Gasteiger partial charge in [-0.2, -0.15) is 0 Å². The number of aromatic nitrogens is 1. The molecule has 6 N–H and O–H groups in total. The third kappa shape index (κ3) is 8.76. The average Bonchev–Trinajstić information content (AvgIpc) is 3.31. The van der Waals surface area contributed by atoms with Crippen LogP contribution in [-0.4, -0.2) is 81.2 Å². The minimum Gasteiger partial charge on any atom is -0.481 e. The molecular formula is C27H37FN4O7. The second-order valence-corrected chi connectivity index (χ2v) is 8.60. The summed E-state index contributed by atoms with van der Waals surface area (Å²) in [7, 11) is 0. The van der Waals surface area contributed by atoms with E-state index in [1.165, 1.54) is 12.1 Å². The number of nitrogens with zero attached hydrogens (tertiary/aromatic N) is 1. The molecule has 1 aromatic heterocycles. The molecule has 0 bridgehead atoms. The number of carboxylic acids is 2. The Morgan fingerprint density at radius 1 is 1.15 bits per heavy atom. The van der Waals surface area contributed by atoms with Gasteiger partial charge in [-0.15, -0.1) is 0 Å². The molecule has 2 amide bonds. The molecular weight excluding hydrogens is 511 g/mol. The Labute approximate surface area is 226 Å². The second-order valence-electron chi connectivity index (χ2n) is 8.60. The number of aliphatic carboxylic acids is 2. The van der Waals surface area contributed by atoms with Crippen LogP contribution in [0.3, 0.4) is 0 Å². The number of hydrogen-bond acceptors (Lipinski definition) is 6. The lowest BCUT2D eigenvalue weighted by molar-refractivity contribution is -0.152. The van der Waals surface area contributed by atoms with Gasteiger partial charge in [0.05, 0.1) is 17.6 Å². The van der Waals surface area contributed by atoms with E-state index in [1.807, 2.05) is 13.8 Å². The maximum atomic E-state index is 13.7. The zero-order valence-electron chi connectivity index (χ0n) is 21.7. The van der Waals surface area contributed by atoms with Gasteiger partial charge >= 0.3 is 11.9 Å². The number of benzene rings is 1. The molecule has 3 rings (SSSR count). The first-order chi connectivity index (χ1) is 17.9. The van der Waals surface area contributed by atoms with Gasteiger partial charge in [0, 0.05) is 35.7 Å². The normalized spacial score (nSPS) is 13.6. The summed E-state index contributed by atoms with van der Waals surface area (Å²) < 4.78 is 13.7. The number of hydrogen-bond donors (Lipinski definition) is 6. The summed E-state index contributed by atoms with van der Waals surface area (Å²) in [6.07, 6.45) is -0.868. The van der Waals surface area contributed by atoms with Crippen molar-refractivity contribution in [3.05, 3.63) is 52.1 Å². The Morgan fingerprint density at radius 3 is 2.33 bits per heavy atom. The van der Waals surface area contributed by atoms with Crippen LogP contribution < -0.4 is 10.6 Å². The monoisotopic (exact) mass is 548 g/mol. The molecule has 1 aliphatic rings. The molecule has 1 aromatic carbocycles. The minimum atomic E-state index is -1.79. The minimum absolute atomic E-state index is 0. The number of aromatic amines is 1. The van der Waals surface area contributed by atoms with Crippen LogP contribution >= 0.6 is 0 Å². The van der Waals surface area contributed by atoms with Gasteiger partial charge in [0.1, 0.15) is 5.82 Å². The van der Waals surface area contributed by atoms with Crippen LogP contribution in [0, 0.1) is 19.7 Å². The molecule has 0 aliphatic carbocycles. The fourth-order valence-electron chi connectivity index (χ4n) is 3.92. The topological polar surface area (TPSA) is 172 Å². The molecule has 0 spiro atoms. The van der Waals surface area contributed by atoms with Gasteiger partial charge in [-0.3, -0.25) is 14.4 Å². The highest BCUT2D eigenvalue weighted by Crippen LogP contribution is 2.34. The standard InChI is InChI=1S/C22H27FN4O2.C4H6O5.CH4/c1-5-27(6-2)10-9-24-22(29)20-13(3)19(25-14(20)4)12-17-16-11-15(23)7-8-18(16)26-21(17)28;5-2(4(8)9)1-3(6)7;/h7-8,11-12,25H,5-6,9-10H2,1-4H3,(H,24,29)(H,26,28);2,5H,1H2,(H,6,7)(H,8,9);1H4/b17-12-;;. The highest BCUT2D eigenvalue weighted by atomic mass is 19.1. The Kier molecular flexibility index (Phi) is 12.5. The molecule has 0 radical (unpaired) electrons. The van der Waals surface area contributed by atoms with Crippen LogP contribution in [0.5, 0.6) is 0 Å². The Morgan fingerprint density at radius 2 is 1.79 bits per heavy atom. The van der Waals surface area contributed by atoms with Crippen LogP contribution in [0.4, 0.5) is 10.1 Å². The summed E-state index contributed by atoms with van der Waals surface area (Å²) in [5.74, 6) is -3.68. The molecule has 12 heteroatoms. The number of fused-ring (bicyclic) bond motifs is 1. The van der Waals surface area contributed by atoms with Crippen molar-refractivity contribution >= 4 is 41.1 Å². The maximum Gasteiger partial charge on any atom is 0.333 e. The fourth-order valence-corrected chi connectivity index (χ4v) is 3.92. The highest BCUT2D eigenvalue weighted by Gasteiger charge is 2.26. The molecule has 39 heavy (non-hydrogen) atoms. The van der Waals surface area contributed by atoms with E-state index < -0.39 is 30.3 Å². The predicted molar refractivity (Wildman–Crippen MR) is 146 cm³/mol. The van der Waals surface area contributed by atoms with Crippen LogP contribution in [0.25, 0.3) is 11.6 Å². The zero-order valence-corrected chi connectivity index (χ0v) is 21.7. The van der Waals surface area contributed by atoms with Crippen LogP contribution in [-0.2, 0) is 14.4 Å². The van der Waals surface area contributed by atoms with E-state index in [4.69, 9.17) is 15.3 Å².